The summed E-state index contributed by atoms with van der Waals surface area (Å²) in [5, 5.41) is 11.3. The van der Waals surface area contributed by atoms with Crippen LogP contribution < -0.4 is 9.64 Å². The molecule has 4 rings (SSSR count). The number of nitrogens with zero attached hydrogens (tertiary/aromatic N) is 2. The predicted octanol–water partition coefficient (Wildman–Crippen LogP) is 3.44. The normalized spacial score (nSPS) is 12.3. The number of carbonyl (C=O) groups excluding carboxylic acids is 4. The number of nitro groups is 1. The summed E-state index contributed by atoms with van der Waals surface area (Å²) in [5.74, 6) is -2.59. The molecule has 0 unspecified atom stereocenters. The Labute approximate surface area is 192 Å². The number of carbonyl (C=O) groups is 4. The minimum absolute atomic E-state index is 0.107. The Bertz CT molecular complexity index is 1350. The number of rotatable bonds is 7. The molecule has 0 fully saturated rings. The topological polar surface area (TPSA) is 133 Å². The molecule has 1 heterocycles. The Morgan fingerprint density at radius 1 is 0.941 bits per heavy atom. The number of benzene rings is 3. The van der Waals surface area contributed by atoms with E-state index in [0.29, 0.717) is 16.2 Å². The molecule has 1 aliphatic heterocycles. The number of esters is 1. The van der Waals surface area contributed by atoms with Gasteiger partial charge in [-0.25, -0.2) is 9.69 Å². The number of fused-ring (bicyclic) bond motifs is 1. The Hall–Kier alpha value is -4.86. The summed E-state index contributed by atoms with van der Waals surface area (Å²) in [4.78, 5) is 62.4. The number of anilines is 1. The fourth-order valence-electron chi connectivity index (χ4n) is 3.55. The first kappa shape index (κ1) is 22.3. The summed E-state index contributed by atoms with van der Waals surface area (Å²) in [6.45, 7) is -0.576. The minimum atomic E-state index is -0.941. The Morgan fingerprint density at radius 3 is 2.32 bits per heavy atom. The van der Waals surface area contributed by atoms with Crippen LogP contribution in [0.3, 0.4) is 0 Å². The molecule has 3 aromatic carbocycles. The lowest BCUT2D eigenvalue weighted by Gasteiger charge is -2.17. The van der Waals surface area contributed by atoms with Gasteiger partial charge in [0, 0.05) is 11.6 Å². The van der Waals surface area contributed by atoms with Gasteiger partial charge in [-0.15, -0.1) is 0 Å². The van der Waals surface area contributed by atoms with Crippen molar-refractivity contribution in [3.63, 3.8) is 0 Å². The molecule has 3 aromatic rings. The minimum Gasteiger partial charge on any atom is -0.497 e. The molecule has 0 saturated heterocycles. The molecule has 0 N–H and O–H groups in total. The molecule has 0 aliphatic carbocycles. The molecule has 0 saturated carbocycles. The van der Waals surface area contributed by atoms with Crippen LogP contribution in [0.4, 0.5) is 11.4 Å². The van der Waals surface area contributed by atoms with Gasteiger partial charge in [0.1, 0.15) is 11.3 Å². The van der Waals surface area contributed by atoms with Crippen LogP contribution in [-0.4, -0.2) is 42.2 Å². The van der Waals surface area contributed by atoms with Crippen LogP contribution in [-0.2, 0) is 4.74 Å². The van der Waals surface area contributed by atoms with E-state index in [-0.39, 0.29) is 22.4 Å². The van der Waals surface area contributed by atoms with E-state index in [1.807, 2.05) is 0 Å². The number of imide groups is 1. The summed E-state index contributed by atoms with van der Waals surface area (Å²) >= 11 is 0. The van der Waals surface area contributed by atoms with Crippen LogP contribution in [0.25, 0.3) is 0 Å². The molecule has 0 atom stereocenters. The van der Waals surface area contributed by atoms with E-state index in [9.17, 15) is 29.3 Å². The van der Waals surface area contributed by atoms with Gasteiger partial charge < -0.3 is 9.47 Å². The zero-order valence-corrected chi connectivity index (χ0v) is 17.7. The van der Waals surface area contributed by atoms with Crippen molar-refractivity contribution in [1.29, 1.82) is 0 Å². The SMILES string of the molecule is COc1ccc(C(=O)COC(=O)c2ccccc2N2C(=O)c3cccc([N+](=O)[O-])c3C2=O)cc1. The van der Waals surface area contributed by atoms with Gasteiger partial charge in [-0.05, 0) is 42.5 Å². The van der Waals surface area contributed by atoms with Gasteiger partial charge in [-0.2, -0.15) is 0 Å². The molecular formula is C24H16N2O8. The monoisotopic (exact) mass is 460 g/mol. The third-order valence-corrected chi connectivity index (χ3v) is 5.20. The van der Waals surface area contributed by atoms with Crippen molar-refractivity contribution in [3.05, 3.63) is 99.1 Å². The summed E-state index contributed by atoms with van der Waals surface area (Å²) in [5.41, 5.74) is -0.961. The molecule has 0 radical (unpaired) electrons. The molecule has 10 heteroatoms. The quantitative estimate of drug-likeness (QED) is 0.172. The molecule has 10 nitrogen and oxygen atoms in total. The molecule has 170 valence electrons. The lowest BCUT2D eigenvalue weighted by Crippen LogP contribution is -2.31. The summed E-state index contributed by atoms with van der Waals surface area (Å²) in [7, 11) is 1.49. The number of ether oxygens (including phenoxy) is 2. The van der Waals surface area contributed by atoms with Crippen molar-refractivity contribution in [1.82, 2.24) is 0 Å². The van der Waals surface area contributed by atoms with Crippen molar-refractivity contribution in [2.75, 3.05) is 18.6 Å². The zero-order valence-electron chi connectivity index (χ0n) is 17.7. The highest BCUT2D eigenvalue weighted by Gasteiger charge is 2.43. The van der Waals surface area contributed by atoms with Crippen LogP contribution >= 0.6 is 0 Å². The number of nitro benzene ring substituents is 1. The average molecular weight is 460 g/mol. The third-order valence-electron chi connectivity index (χ3n) is 5.20. The molecule has 1 aliphatic rings. The molecule has 2 amide bonds. The van der Waals surface area contributed by atoms with Crippen molar-refractivity contribution in [2.24, 2.45) is 0 Å². The maximum absolute atomic E-state index is 13.0. The predicted molar refractivity (Wildman–Crippen MR) is 118 cm³/mol. The van der Waals surface area contributed by atoms with Crippen molar-refractivity contribution in [3.8, 4) is 5.75 Å². The van der Waals surface area contributed by atoms with E-state index < -0.39 is 40.8 Å². The first-order valence-corrected chi connectivity index (χ1v) is 9.93. The highest BCUT2D eigenvalue weighted by Crippen LogP contribution is 2.35. The van der Waals surface area contributed by atoms with E-state index in [1.165, 1.54) is 55.6 Å². The Morgan fingerprint density at radius 2 is 1.65 bits per heavy atom. The highest BCUT2D eigenvalue weighted by atomic mass is 16.6. The van der Waals surface area contributed by atoms with Gasteiger partial charge in [0.15, 0.2) is 12.4 Å². The van der Waals surface area contributed by atoms with Gasteiger partial charge in [-0.1, -0.05) is 18.2 Å². The number of hydrogen-bond acceptors (Lipinski definition) is 8. The number of hydrogen-bond donors (Lipinski definition) is 0. The van der Waals surface area contributed by atoms with E-state index in [4.69, 9.17) is 9.47 Å². The number of ketones is 1. The maximum Gasteiger partial charge on any atom is 0.340 e. The van der Waals surface area contributed by atoms with Crippen LogP contribution in [0, 0.1) is 10.1 Å². The van der Waals surface area contributed by atoms with Gasteiger partial charge >= 0.3 is 5.97 Å². The van der Waals surface area contributed by atoms with E-state index >= 15 is 0 Å². The Balaban J connectivity index is 1.58. The van der Waals surface area contributed by atoms with Crippen LogP contribution in [0.1, 0.15) is 41.4 Å². The maximum atomic E-state index is 13.0. The lowest BCUT2D eigenvalue weighted by molar-refractivity contribution is -0.385. The largest absolute Gasteiger partial charge is 0.497 e. The first-order valence-electron chi connectivity index (χ1n) is 9.93. The number of amides is 2. The summed E-state index contributed by atoms with van der Waals surface area (Å²) in [6, 6.07) is 15.6. The fraction of sp³-hybridized carbons (Fsp3) is 0.0833. The number of Topliss-reactive ketones (excluding diaryl/α,β-unsaturated/α-hetero) is 1. The van der Waals surface area contributed by atoms with Crippen LogP contribution in [0.5, 0.6) is 5.75 Å². The fourth-order valence-corrected chi connectivity index (χ4v) is 3.55. The standard InChI is InChI=1S/C24H16N2O8/c1-33-15-11-9-14(10-12-15)20(27)13-34-24(30)16-5-2-3-7-18(16)25-22(28)17-6-4-8-19(26(31)32)21(17)23(25)29/h2-12H,13H2,1H3. The first-order chi connectivity index (χ1) is 16.3. The molecular weight excluding hydrogens is 444 g/mol. The third kappa shape index (κ3) is 3.88. The lowest BCUT2D eigenvalue weighted by atomic mass is 10.1. The second-order valence-electron chi connectivity index (χ2n) is 7.15. The molecule has 0 aromatic heterocycles. The van der Waals surface area contributed by atoms with Crippen LogP contribution in [0.2, 0.25) is 0 Å². The zero-order chi connectivity index (χ0) is 24.4. The average Bonchev–Trinajstić information content (AvgIpc) is 3.12. The molecule has 0 bridgehead atoms. The Kier molecular flexibility index (Phi) is 5.88. The van der Waals surface area contributed by atoms with E-state index in [2.05, 4.69) is 0 Å². The highest BCUT2D eigenvalue weighted by molar-refractivity contribution is 6.36. The molecule has 34 heavy (non-hydrogen) atoms. The summed E-state index contributed by atoms with van der Waals surface area (Å²) in [6.07, 6.45) is 0. The van der Waals surface area contributed by atoms with Crippen molar-refractivity contribution < 1.29 is 33.6 Å². The van der Waals surface area contributed by atoms with E-state index in [0.717, 1.165) is 6.07 Å². The van der Waals surface area contributed by atoms with E-state index in [1.54, 1.807) is 12.1 Å². The summed E-state index contributed by atoms with van der Waals surface area (Å²) < 4.78 is 10.2. The number of para-hydroxylation sites is 1. The van der Waals surface area contributed by atoms with Crippen molar-refractivity contribution >= 4 is 34.9 Å². The smallest absolute Gasteiger partial charge is 0.340 e. The molecule has 0 spiro atoms. The van der Waals surface area contributed by atoms with Gasteiger partial charge in [0.2, 0.25) is 0 Å². The van der Waals surface area contributed by atoms with Gasteiger partial charge in [0.25, 0.3) is 17.5 Å². The van der Waals surface area contributed by atoms with Gasteiger partial charge in [0.05, 0.1) is 28.8 Å². The second kappa shape index (κ2) is 8.94. The number of methoxy groups -OCH3 is 1. The van der Waals surface area contributed by atoms with Gasteiger partial charge in [-0.3, -0.25) is 24.5 Å². The van der Waals surface area contributed by atoms with Crippen LogP contribution in [0.15, 0.2) is 66.7 Å². The van der Waals surface area contributed by atoms with Crippen molar-refractivity contribution in [2.45, 2.75) is 0 Å². The second-order valence-corrected chi connectivity index (χ2v) is 7.15.